The number of nitrogens with one attached hydrogen (secondary N) is 2. The number of aromatic nitrogens is 2. The van der Waals surface area contributed by atoms with E-state index in [1.54, 1.807) is 12.3 Å². The maximum atomic E-state index is 11.2. The van der Waals surface area contributed by atoms with E-state index in [0.717, 1.165) is 16.4 Å². The minimum absolute atomic E-state index is 0. The van der Waals surface area contributed by atoms with E-state index in [1.165, 1.54) is 23.5 Å². The molecule has 0 fully saturated rings. The second-order valence-corrected chi connectivity index (χ2v) is 7.41. The van der Waals surface area contributed by atoms with Gasteiger partial charge in [-0.05, 0) is 13.0 Å². The number of fused-ring (bicyclic) bond motifs is 1. The number of thiazole rings is 1. The third-order valence-electron chi connectivity index (χ3n) is 3.93. The summed E-state index contributed by atoms with van der Waals surface area (Å²) in [5.74, 6) is 0.609. The van der Waals surface area contributed by atoms with Crippen LogP contribution in [0.2, 0.25) is 5.02 Å². The van der Waals surface area contributed by atoms with E-state index < -0.39 is 4.92 Å². The molecule has 12 heteroatoms. The quantitative estimate of drug-likeness (QED) is 0.335. The van der Waals surface area contributed by atoms with Gasteiger partial charge in [0.25, 0.3) is 5.69 Å². The van der Waals surface area contributed by atoms with Gasteiger partial charge in [0.05, 0.1) is 29.1 Å². The second kappa shape index (κ2) is 8.25. The molecule has 3 aromatic rings. The van der Waals surface area contributed by atoms with E-state index in [4.69, 9.17) is 11.6 Å². The monoisotopic (exact) mass is 483 g/mol. The van der Waals surface area contributed by atoms with Crippen molar-refractivity contribution in [1.29, 1.82) is 0 Å². The number of guanidine groups is 1. The molecule has 0 aliphatic carbocycles. The van der Waals surface area contributed by atoms with Crippen LogP contribution < -0.4 is 10.7 Å². The second-order valence-electron chi connectivity index (χ2n) is 5.79. The van der Waals surface area contributed by atoms with E-state index in [0.29, 0.717) is 29.5 Å². The fourth-order valence-corrected chi connectivity index (χ4v) is 3.75. The molecule has 2 aromatic heterocycles. The largest absolute Gasteiger partial charge is 0.353 e. The van der Waals surface area contributed by atoms with Crippen molar-refractivity contribution in [3.8, 4) is 11.3 Å². The first-order valence-corrected chi connectivity index (χ1v) is 9.22. The third kappa shape index (κ3) is 3.86. The number of halogens is 2. The Kier molecular flexibility index (Phi) is 5.96. The number of nitro groups is 1. The summed E-state index contributed by atoms with van der Waals surface area (Å²) in [5, 5.41) is 18.6. The first-order valence-electron chi connectivity index (χ1n) is 8.03. The van der Waals surface area contributed by atoms with E-state index in [9.17, 15) is 10.1 Å². The van der Waals surface area contributed by atoms with Gasteiger partial charge in [-0.3, -0.25) is 14.5 Å². The predicted octanol–water partition coefficient (Wildman–Crippen LogP) is 3.39. The van der Waals surface area contributed by atoms with Gasteiger partial charge in [0.1, 0.15) is 5.02 Å². The molecule has 0 saturated heterocycles. The number of nitro benzene ring substituents is 1. The number of imidazole rings is 1. The number of nitrogens with zero attached hydrogens (tertiary/aromatic N) is 5. The summed E-state index contributed by atoms with van der Waals surface area (Å²) in [5.41, 5.74) is 4.58. The van der Waals surface area contributed by atoms with Crippen molar-refractivity contribution in [2.75, 3.05) is 13.1 Å². The molecule has 3 heterocycles. The molecule has 4 rings (SSSR count). The molecule has 1 aliphatic rings. The first kappa shape index (κ1) is 20.2. The highest BCUT2D eigenvalue weighted by atomic mass is 79.9. The molecule has 0 radical (unpaired) electrons. The van der Waals surface area contributed by atoms with Gasteiger partial charge in [-0.1, -0.05) is 17.7 Å². The summed E-state index contributed by atoms with van der Waals surface area (Å²) >= 11 is 7.46. The minimum Gasteiger partial charge on any atom is -0.353 e. The van der Waals surface area contributed by atoms with Crippen LogP contribution in [0.25, 0.3) is 16.2 Å². The lowest BCUT2D eigenvalue weighted by Crippen LogP contribution is -2.30. The van der Waals surface area contributed by atoms with Crippen molar-refractivity contribution in [1.82, 2.24) is 20.1 Å². The molecule has 0 atom stereocenters. The Morgan fingerprint density at radius 1 is 1.50 bits per heavy atom. The highest BCUT2D eigenvalue weighted by Crippen LogP contribution is 2.32. The van der Waals surface area contributed by atoms with Crippen molar-refractivity contribution < 1.29 is 4.92 Å². The van der Waals surface area contributed by atoms with Crippen LogP contribution >= 0.6 is 39.9 Å². The molecular formula is C16H15BrClN7O2S. The Balaban J connectivity index is 0.00000225. The Hall–Kier alpha value is -2.50. The van der Waals surface area contributed by atoms with Gasteiger partial charge in [-0.2, -0.15) is 5.10 Å². The highest BCUT2D eigenvalue weighted by Gasteiger charge is 2.19. The molecule has 0 spiro atoms. The lowest BCUT2D eigenvalue weighted by Gasteiger charge is -2.03. The van der Waals surface area contributed by atoms with E-state index in [2.05, 4.69) is 25.8 Å². The van der Waals surface area contributed by atoms with Crippen LogP contribution in [-0.2, 0) is 0 Å². The van der Waals surface area contributed by atoms with Gasteiger partial charge in [-0.25, -0.2) is 15.4 Å². The molecule has 9 nitrogen and oxygen atoms in total. The van der Waals surface area contributed by atoms with Crippen molar-refractivity contribution in [2.45, 2.75) is 6.92 Å². The Morgan fingerprint density at radius 2 is 2.32 bits per heavy atom. The zero-order valence-electron chi connectivity index (χ0n) is 14.5. The molecule has 146 valence electrons. The van der Waals surface area contributed by atoms with Gasteiger partial charge in [0.2, 0.25) is 5.96 Å². The van der Waals surface area contributed by atoms with Gasteiger partial charge in [0.15, 0.2) is 4.96 Å². The number of hydrogen-bond acceptors (Lipinski definition) is 8. The summed E-state index contributed by atoms with van der Waals surface area (Å²) in [6, 6.07) is 4.64. The van der Waals surface area contributed by atoms with Crippen molar-refractivity contribution >= 4 is 62.7 Å². The summed E-state index contributed by atoms with van der Waals surface area (Å²) in [6.45, 7) is 3.47. The Labute approximate surface area is 179 Å². The molecule has 2 N–H and O–H groups in total. The molecule has 0 saturated carbocycles. The molecule has 0 amide bonds. The van der Waals surface area contributed by atoms with Gasteiger partial charge < -0.3 is 5.32 Å². The van der Waals surface area contributed by atoms with E-state index in [-0.39, 0.29) is 27.7 Å². The fourth-order valence-electron chi connectivity index (χ4n) is 2.74. The predicted molar refractivity (Wildman–Crippen MR) is 116 cm³/mol. The van der Waals surface area contributed by atoms with Crippen LogP contribution in [0.15, 0.2) is 34.5 Å². The smallest absolute Gasteiger partial charge is 0.288 e. The van der Waals surface area contributed by atoms with Gasteiger partial charge >= 0.3 is 0 Å². The Bertz CT molecular complexity index is 1110. The molecular weight excluding hydrogens is 470 g/mol. The number of hydrogen-bond donors (Lipinski definition) is 2. The lowest BCUT2D eigenvalue weighted by atomic mass is 10.1. The topological polar surface area (TPSA) is 109 Å². The lowest BCUT2D eigenvalue weighted by molar-refractivity contribution is -0.384. The Morgan fingerprint density at radius 3 is 3.04 bits per heavy atom. The summed E-state index contributed by atoms with van der Waals surface area (Å²) < 4.78 is 1.91. The molecule has 28 heavy (non-hydrogen) atoms. The zero-order valence-corrected chi connectivity index (χ0v) is 17.8. The standard InChI is InChI=1S/C16H14ClN7O2S.BrH/c1-9-8-23-13(7-20-22-15-18-4-5-19-15)14(21-16(23)27-9)10-2-3-11(17)12(6-10)24(25)26;/h2-3,6-8H,4-5H2,1H3,(H2,18,19,22);1H/b20-7+;. The number of rotatable bonds is 4. The first-order chi connectivity index (χ1) is 13.0. The van der Waals surface area contributed by atoms with Crippen molar-refractivity contribution in [2.24, 2.45) is 10.1 Å². The van der Waals surface area contributed by atoms with Crippen LogP contribution in [0.5, 0.6) is 0 Å². The zero-order chi connectivity index (χ0) is 19.0. The average molecular weight is 485 g/mol. The van der Waals surface area contributed by atoms with Crippen molar-refractivity contribution in [3.05, 3.63) is 50.1 Å². The highest BCUT2D eigenvalue weighted by molar-refractivity contribution is 8.93. The number of aryl methyl sites for hydroxylation is 1. The third-order valence-corrected chi connectivity index (χ3v) is 5.14. The molecule has 1 aromatic carbocycles. The van der Waals surface area contributed by atoms with Crippen LogP contribution in [0.1, 0.15) is 10.6 Å². The van der Waals surface area contributed by atoms with E-state index in [1.807, 2.05) is 17.5 Å². The van der Waals surface area contributed by atoms with Gasteiger partial charge in [0, 0.05) is 29.2 Å². The SMILES string of the molecule is Br.Cc1cn2c(/C=N/NC3=NCCN3)c(-c3ccc(Cl)c([N+](=O)[O-])c3)nc2s1. The molecule has 0 bridgehead atoms. The molecule has 1 aliphatic heterocycles. The van der Waals surface area contributed by atoms with E-state index >= 15 is 0 Å². The number of hydrazone groups is 1. The van der Waals surface area contributed by atoms with Crippen LogP contribution in [-0.4, -0.2) is 39.6 Å². The fraction of sp³-hybridized carbons (Fsp3) is 0.188. The summed E-state index contributed by atoms with van der Waals surface area (Å²) in [6.07, 6.45) is 3.58. The maximum Gasteiger partial charge on any atom is 0.288 e. The summed E-state index contributed by atoms with van der Waals surface area (Å²) in [4.78, 5) is 21.4. The number of benzene rings is 1. The minimum atomic E-state index is -0.506. The molecule has 0 unspecified atom stereocenters. The normalized spacial score (nSPS) is 13.4. The van der Waals surface area contributed by atoms with Crippen molar-refractivity contribution in [3.63, 3.8) is 0 Å². The van der Waals surface area contributed by atoms with Crippen LogP contribution in [0, 0.1) is 17.0 Å². The number of aliphatic imine (C=N–C) groups is 1. The summed E-state index contributed by atoms with van der Waals surface area (Å²) in [7, 11) is 0. The maximum absolute atomic E-state index is 11.2. The van der Waals surface area contributed by atoms with Crippen LogP contribution in [0.3, 0.4) is 0 Å². The van der Waals surface area contributed by atoms with Gasteiger partial charge in [-0.15, -0.1) is 28.3 Å². The van der Waals surface area contributed by atoms with Crippen LogP contribution in [0.4, 0.5) is 5.69 Å². The average Bonchev–Trinajstić information content (AvgIpc) is 3.33.